The van der Waals surface area contributed by atoms with Gasteiger partial charge in [-0.15, -0.1) is 0 Å². The van der Waals surface area contributed by atoms with Gasteiger partial charge in [-0.3, -0.25) is 9.59 Å². The van der Waals surface area contributed by atoms with Crippen LogP contribution in [0.15, 0.2) is 66.9 Å². The highest BCUT2D eigenvalue weighted by molar-refractivity contribution is 6.04. The third-order valence-electron chi connectivity index (χ3n) is 6.19. The standard InChI is InChI=1S/C27H25F3N4O6/c28-27(29,30)19-5-3-18(4-6-19)24(36)32-20-7-10-23(31-16-20)40-21-8-1-17(2-9-21)15-22(35)25(37)33-11-13-34(14-12-33)26(38)39/h1-10,16,22,35H,11-15H2,(H,32,36)(H,38,39). The number of nitrogens with zero attached hydrogens (tertiary/aromatic N) is 3. The fourth-order valence-electron chi connectivity index (χ4n) is 3.98. The van der Waals surface area contributed by atoms with Gasteiger partial charge in [-0.1, -0.05) is 12.1 Å². The number of amides is 3. The van der Waals surface area contributed by atoms with Crippen LogP contribution in [0.3, 0.4) is 0 Å². The average molecular weight is 559 g/mol. The van der Waals surface area contributed by atoms with Crippen molar-refractivity contribution in [3.63, 3.8) is 0 Å². The van der Waals surface area contributed by atoms with Gasteiger partial charge in [0.25, 0.3) is 11.8 Å². The van der Waals surface area contributed by atoms with Crippen LogP contribution < -0.4 is 10.1 Å². The molecular weight excluding hydrogens is 533 g/mol. The van der Waals surface area contributed by atoms with Crippen molar-refractivity contribution >= 4 is 23.6 Å². The van der Waals surface area contributed by atoms with Gasteiger partial charge in [-0.25, -0.2) is 9.78 Å². The molecule has 1 fully saturated rings. The number of rotatable bonds is 7. The first kappa shape index (κ1) is 28.4. The Balaban J connectivity index is 1.27. The van der Waals surface area contributed by atoms with E-state index < -0.39 is 35.8 Å². The van der Waals surface area contributed by atoms with E-state index in [9.17, 15) is 32.7 Å². The third-order valence-corrected chi connectivity index (χ3v) is 6.19. The number of benzene rings is 2. The highest BCUT2D eigenvalue weighted by Gasteiger charge is 2.30. The second-order valence-electron chi connectivity index (χ2n) is 8.98. The quantitative estimate of drug-likeness (QED) is 0.401. The lowest BCUT2D eigenvalue weighted by molar-refractivity contribution is -0.141. The summed E-state index contributed by atoms with van der Waals surface area (Å²) < 4.78 is 43.8. The molecule has 1 atom stereocenters. The maximum absolute atomic E-state index is 12.7. The van der Waals surface area contributed by atoms with E-state index in [4.69, 9.17) is 9.84 Å². The van der Waals surface area contributed by atoms with Crippen LogP contribution in [0.25, 0.3) is 0 Å². The molecule has 1 saturated heterocycles. The molecule has 40 heavy (non-hydrogen) atoms. The average Bonchev–Trinajstić information content (AvgIpc) is 2.94. The molecule has 0 bridgehead atoms. The number of hydrogen-bond acceptors (Lipinski definition) is 6. The van der Waals surface area contributed by atoms with E-state index in [-0.39, 0.29) is 44.0 Å². The normalized spacial score (nSPS) is 14.4. The summed E-state index contributed by atoms with van der Waals surface area (Å²) in [6.45, 7) is 0.833. The fraction of sp³-hybridized carbons (Fsp3) is 0.259. The third kappa shape index (κ3) is 7.26. The number of aliphatic hydroxyl groups excluding tert-OH is 1. The number of carbonyl (C=O) groups excluding carboxylic acids is 2. The van der Waals surface area contributed by atoms with Gasteiger partial charge < -0.3 is 30.1 Å². The van der Waals surface area contributed by atoms with Gasteiger partial charge in [0.15, 0.2) is 0 Å². The summed E-state index contributed by atoms with van der Waals surface area (Å²) in [7, 11) is 0. The highest BCUT2D eigenvalue weighted by Crippen LogP contribution is 2.29. The fourth-order valence-corrected chi connectivity index (χ4v) is 3.98. The zero-order valence-electron chi connectivity index (χ0n) is 21.0. The van der Waals surface area contributed by atoms with E-state index in [0.717, 1.165) is 24.3 Å². The molecule has 2 aromatic carbocycles. The lowest BCUT2D eigenvalue weighted by atomic mass is 10.1. The number of aromatic nitrogens is 1. The number of carboxylic acid groups (broad SMARTS) is 1. The number of alkyl halides is 3. The van der Waals surface area contributed by atoms with Crippen LogP contribution in [0, 0.1) is 0 Å². The zero-order valence-corrected chi connectivity index (χ0v) is 21.0. The number of nitrogens with one attached hydrogen (secondary N) is 1. The van der Waals surface area contributed by atoms with E-state index in [2.05, 4.69) is 10.3 Å². The van der Waals surface area contributed by atoms with Crippen LogP contribution in [-0.4, -0.2) is 75.2 Å². The minimum absolute atomic E-state index is 0.0565. The van der Waals surface area contributed by atoms with Gasteiger partial charge in [0.05, 0.1) is 17.4 Å². The molecule has 0 saturated carbocycles. The lowest BCUT2D eigenvalue weighted by Gasteiger charge is -2.34. The Morgan fingerprint density at radius 1 is 0.925 bits per heavy atom. The summed E-state index contributed by atoms with van der Waals surface area (Å²) in [5.74, 6) is -0.401. The van der Waals surface area contributed by atoms with E-state index in [1.165, 1.54) is 28.1 Å². The molecule has 1 unspecified atom stereocenters. The van der Waals surface area contributed by atoms with Crippen molar-refractivity contribution in [3.8, 4) is 11.6 Å². The molecule has 3 amide bonds. The molecule has 210 valence electrons. The summed E-state index contributed by atoms with van der Waals surface area (Å²) in [4.78, 5) is 42.6. The monoisotopic (exact) mass is 558 g/mol. The number of aliphatic hydroxyl groups is 1. The van der Waals surface area contributed by atoms with Gasteiger partial charge in [0, 0.05) is 44.2 Å². The SMILES string of the molecule is O=C(Nc1ccc(Oc2ccc(CC(O)C(=O)N3CCN(C(=O)O)CC3)cc2)nc1)c1ccc(C(F)(F)F)cc1. The Hall–Kier alpha value is -4.65. The van der Waals surface area contributed by atoms with Gasteiger partial charge in [0.1, 0.15) is 11.9 Å². The van der Waals surface area contributed by atoms with Crippen molar-refractivity contribution in [1.29, 1.82) is 0 Å². The molecule has 1 aliphatic rings. The largest absolute Gasteiger partial charge is 0.465 e. The van der Waals surface area contributed by atoms with E-state index in [0.29, 0.717) is 17.0 Å². The Morgan fingerprint density at radius 2 is 1.55 bits per heavy atom. The predicted octanol–water partition coefficient (Wildman–Crippen LogP) is 3.87. The van der Waals surface area contributed by atoms with Gasteiger partial charge in [-0.2, -0.15) is 13.2 Å². The van der Waals surface area contributed by atoms with Crippen molar-refractivity contribution in [2.24, 2.45) is 0 Å². The molecule has 3 N–H and O–H groups in total. The Labute approximate surface area is 226 Å². The molecule has 10 nitrogen and oxygen atoms in total. The van der Waals surface area contributed by atoms with Crippen LogP contribution in [0.2, 0.25) is 0 Å². The highest BCUT2D eigenvalue weighted by atomic mass is 19.4. The van der Waals surface area contributed by atoms with Crippen LogP contribution in [0.1, 0.15) is 21.5 Å². The molecule has 0 radical (unpaired) electrons. The lowest BCUT2D eigenvalue weighted by Crippen LogP contribution is -2.52. The summed E-state index contributed by atoms with van der Waals surface area (Å²) in [5.41, 5.74) is 0.210. The molecule has 0 spiro atoms. The van der Waals surface area contributed by atoms with Gasteiger partial charge in [0.2, 0.25) is 5.88 Å². The Kier molecular flexibility index (Phi) is 8.53. The van der Waals surface area contributed by atoms with Crippen LogP contribution >= 0.6 is 0 Å². The van der Waals surface area contributed by atoms with E-state index in [1.54, 1.807) is 24.3 Å². The first-order valence-electron chi connectivity index (χ1n) is 12.2. The van der Waals surface area contributed by atoms with Crippen molar-refractivity contribution in [3.05, 3.63) is 83.6 Å². The van der Waals surface area contributed by atoms with Gasteiger partial charge in [-0.05, 0) is 48.0 Å². The number of halogens is 3. The summed E-state index contributed by atoms with van der Waals surface area (Å²) >= 11 is 0. The number of anilines is 1. The number of pyridine rings is 1. The van der Waals surface area contributed by atoms with Crippen LogP contribution in [0.5, 0.6) is 11.6 Å². The maximum atomic E-state index is 12.7. The molecule has 2 heterocycles. The number of ether oxygens (including phenoxy) is 1. The van der Waals surface area contributed by atoms with Crippen molar-refractivity contribution in [2.75, 3.05) is 31.5 Å². The zero-order chi connectivity index (χ0) is 28.9. The summed E-state index contributed by atoms with van der Waals surface area (Å²) in [6.07, 6.45) is -5.38. The van der Waals surface area contributed by atoms with Crippen molar-refractivity contribution in [1.82, 2.24) is 14.8 Å². The minimum Gasteiger partial charge on any atom is -0.465 e. The maximum Gasteiger partial charge on any atom is 0.416 e. The molecule has 0 aliphatic carbocycles. The first-order chi connectivity index (χ1) is 19.0. The molecular formula is C27H25F3N4O6. The van der Waals surface area contributed by atoms with E-state index in [1.807, 2.05) is 0 Å². The number of hydrogen-bond donors (Lipinski definition) is 3. The van der Waals surface area contributed by atoms with Crippen molar-refractivity contribution in [2.45, 2.75) is 18.7 Å². The Bertz CT molecular complexity index is 1340. The molecule has 4 rings (SSSR count). The Morgan fingerprint density at radius 3 is 2.10 bits per heavy atom. The molecule has 1 aliphatic heterocycles. The van der Waals surface area contributed by atoms with Crippen LogP contribution in [0.4, 0.5) is 23.7 Å². The number of piperazine rings is 1. The van der Waals surface area contributed by atoms with Gasteiger partial charge >= 0.3 is 12.3 Å². The predicted molar refractivity (Wildman–Crippen MR) is 136 cm³/mol. The van der Waals surface area contributed by atoms with Crippen molar-refractivity contribution < 1.29 is 42.5 Å². The number of carbonyl (C=O) groups is 3. The van der Waals surface area contributed by atoms with E-state index >= 15 is 0 Å². The molecule has 1 aromatic heterocycles. The first-order valence-corrected chi connectivity index (χ1v) is 12.2. The second-order valence-corrected chi connectivity index (χ2v) is 8.98. The van der Waals surface area contributed by atoms with Crippen LogP contribution in [-0.2, 0) is 17.4 Å². The molecule has 3 aromatic rings. The second kappa shape index (κ2) is 12.0. The summed E-state index contributed by atoms with van der Waals surface area (Å²) in [6, 6.07) is 13.5. The minimum atomic E-state index is -4.49. The topological polar surface area (TPSA) is 132 Å². The smallest absolute Gasteiger partial charge is 0.416 e. The molecule has 13 heteroatoms. The summed E-state index contributed by atoms with van der Waals surface area (Å²) in [5, 5.41) is 21.9.